The van der Waals surface area contributed by atoms with Crippen LogP contribution < -0.4 is 0 Å². The summed E-state index contributed by atoms with van der Waals surface area (Å²) in [6.07, 6.45) is 0. The molecule has 0 aromatic carbocycles. The number of carbonyl (C=O) groups is 2. The van der Waals surface area contributed by atoms with E-state index in [9.17, 15) is 19.7 Å². The highest BCUT2D eigenvalue weighted by Crippen LogP contribution is 2.29. The maximum absolute atomic E-state index is 12.0. The summed E-state index contributed by atoms with van der Waals surface area (Å²) in [4.78, 5) is 38.1. The Labute approximate surface area is 121 Å². The van der Waals surface area contributed by atoms with Crippen LogP contribution in [0.3, 0.4) is 0 Å². The predicted molar refractivity (Wildman–Crippen MR) is 70.6 cm³/mol. The van der Waals surface area contributed by atoms with E-state index in [-0.39, 0.29) is 18.9 Å². The lowest BCUT2D eigenvalue weighted by atomic mass is 10.1. The van der Waals surface area contributed by atoms with Crippen LogP contribution in [0.25, 0.3) is 0 Å². The van der Waals surface area contributed by atoms with E-state index in [1.54, 1.807) is 13.8 Å². The molecule has 1 rings (SSSR count). The number of hydrogen-bond acceptors (Lipinski definition) is 7. The number of imidazole rings is 1. The van der Waals surface area contributed by atoms with E-state index in [2.05, 4.69) is 4.98 Å². The first-order valence-electron chi connectivity index (χ1n) is 6.35. The van der Waals surface area contributed by atoms with E-state index in [4.69, 9.17) is 9.47 Å². The topological polar surface area (TPSA) is 114 Å². The van der Waals surface area contributed by atoms with Gasteiger partial charge in [-0.2, -0.15) is 0 Å². The van der Waals surface area contributed by atoms with Gasteiger partial charge in [0.2, 0.25) is 11.7 Å². The number of esters is 2. The van der Waals surface area contributed by atoms with Gasteiger partial charge in [-0.05, 0) is 23.8 Å². The van der Waals surface area contributed by atoms with Gasteiger partial charge >= 0.3 is 17.8 Å². The number of ether oxygens (including phenoxy) is 2. The average Bonchev–Trinajstić information content (AvgIpc) is 2.68. The van der Waals surface area contributed by atoms with E-state index in [0.717, 1.165) is 0 Å². The van der Waals surface area contributed by atoms with Crippen molar-refractivity contribution in [1.82, 2.24) is 9.55 Å². The normalized spacial score (nSPS) is 10.5. The van der Waals surface area contributed by atoms with Crippen molar-refractivity contribution >= 4 is 17.8 Å². The van der Waals surface area contributed by atoms with Gasteiger partial charge in [0.15, 0.2) is 0 Å². The molecule has 0 fully saturated rings. The SMILES string of the molecule is CCOC(=O)C(C(=O)OCC)c1c([N+](=O)[O-])nc(C)n1C. The van der Waals surface area contributed by atoms with Gasteiger partial charge in [0.1, 0.15) is 5.69 Å². The van der Waals surface area contributed by atoms with Gasteiger partial charge < -0.3 is 24.2 Å². The monoisotopic (exact) mass is 299 g/mol. The first kappa shape index (κ1) is 16.6. The largest absolute Gasteiger partial charge is 0.465 e. The molecule has 0 atom stereocenters. The Morgan fingerprint density at radius 1 is 1.29 bits per heavy atom. The summed E-state index contributed by atoms with van der Waals surface area (Å²) in [6, 6.07) is 0. The third kappa shape index (κ3) is 3.36. The molecule has 9 heteroatoms. The molecule has 0 aliphatic rings. The number of hydrogen-bond donors (Lipinski definition) is 0. The molecule has 0 amide bonds. The average molecular weight is 299 g/mol. The summed E-state index contributed by atoms with van der Waals surface area (Å²) in [5.74, 6) is -3.59. The molecule has 0 aliphatic heterocycles. The molecule has 21 heavy (non-hydrogen) atoms. The number of nitrogens with zero attached hydrogens (tertiary/aromatic N) is 3. The van der Waals surface area contributed by atoms with Gasteiger partial charge in [0, 0.05) is 14.0 Å². The van der Waals surface area contributed by atoms with Crippen molar-refractivity contribution in [2.24, 2.45) is 7.05 Å². The number of aryl methyl sites for hydroxylation is 1. The van der Waals surface area contributed by atoms with Crippen molar-refractivity contribution in [3.8, 4) is 0 Å². The summed E-state index contributed by atoms with van der Waals surface area (Å²) < 4.78 is 11.0. The number of carbonyl (C=O) groups excluding carboxylic acids is 2. The Kier molecular flexibility index (Phi) is 5.39. The molecule has 9 nitrogen and oxygen atoms in total. The van der Waals surface area contributed by atoms with Crippen molar-refractivity contribution in [3.63, 3.8) is 0 Å². The Morgan fingerprint density at radius 2 is 1.76 bits per heavy atom. The van der Waals surface area contributed by atoms with Crippen LogP contribution in [-0.2, 0) is 26.1 Å². The summed E-state index contributed by atoms with van der Waals surface area (Å²) in [5, 5.41) is 11.1. The van der Waals surface area contributed by atoms with Gasteiger partial charge in [-0.3, -0.25) is 9.59 Å². The summed E-state index contributed by atoms with van der Waals surface area (Å²) in [5.41, 5.74) is -0.144. The standard InChI is InChI=1S/C12H17N3O6/c1-5-20-11(16)8(12(17)21-6-2)9-10(15(18)19)13-7(3)14(9)4/h8H,5-6H2,1-4H3. The first-order chi connectivity index (χ1) is 9.84. The van der Waals surface area contributed by atoms with Crippen molar-refractivity contribution < 1.29 is 24.0 Å². The highest BCUT2D eigenvalue weighted by atomic mass is 16.6. The van der Waals surface area contributed by atoms with Crippen molar-refractivity contribution in [2.75, 3.05) is 13.2 Å². The quantitative estimate of drug-likeness (QED) is 0.331. The van der Waals surface area contributed by atoms with Crippen LogP contribution in [0.5, 0.6) is 0 Å². The number of aromatic nitrogens is 2. The molecule has 1 aromatic rings. The zero-order valence-electron chi connectivity index (χ0n) is 12.3. The molecule has 1 heterocycles. The third-order valence-corrected chi connectivity index (χ3v) is 2.83. The Balaban J connectivity index is 3.41. The molecule has 0 unspecified atom stereocenters. The fourth-order valence-corrected chi connectivity index (χ4v) is 1.84. The molecule has 0 bridgehead atoms. The van der Waals surface area contributed by atoms with Crippen LogP contribution in [0.15, 0.2) is 0 Å². The molecule has 0 N–H and O–H groups in total. The molecule has 0 aliphatic carbocycles. The van der Waals surface area contributed by atoms with Crippen molar-refractivity contribution in [3.05, 3.63) is 21.6 Å². The molecule has 0 radical (unpaired) electrons. The van der Waals surface area contributed by atoms with Gasteiger partial charge in [0.25, 0.3) is 0 Å². The van der Waals surface area contributed by atoms with E-state index in [1.807, 2.05) is 0 Å². The van der Waals surface area contributed by atoms with Crippen LogP contribution >= 0.6 is 0 Å². The Morgan fingerprint density at radius 3 is 2.14 bits per heavy atom. The molecule has 0 saturated heterocycles. The lowest BCUT2D eigenvalue weighted by Crippen LogP contribution is -2.28. The summed E-state index contributed by atoms with van der Waals surface area (Å²) in [7, 11) is 1.48. The zero-order valence-corrected chi connectivity index (χ0v) is 12.3. The maximum Gasteiger partial charge on any atom is 0.386 e. The molecular weight excluding hydrogens is 282 g/mol. The zero-order chi connectivity index (χ0) is 16.2. The van der Waals surface area contributed by atoms with Crippen LogP contribution in [0.2, 0.25) is 0 Å². The molecular formula is C12H17N3O6. The molecule has 0 spiro atoms. The number of nitro groups is 1. The predicted octanol–water partition coefficient (Wildman–Crippen LogP) is 0.847. The van der Waals surface area contributed by atoms with Crippen LogP contribution in [0.4, 0.5) is 5.82 Å². The Bertz CT molecular complexity index is 548. The van der Waals surface area contributed by atoms with Gasteiger partial charge in [0.05, 0.1) is 13.2 Å². The maximum atomic E-state index is 12.0. The Hall–Kier alpha value is -2.45. The smallest absolute Gasteiger partial charge is 0.386 e. The van der Waals surface area contributed by atoms with E-state index in [0.29, 0.717) is 5.82 Å². The minimum Gasteiger partial charge on any atom is -0.465 e. The van der Waals surface area contributed by atoms with E-state index in [1.165, 1.54) is 18.5 Å². The van der Waals surface area contributed by atoms with Crippen LogP contribution in [-0.4, -0.2) is 39.6 Å². The second-order valence-electron chi connectivity index (χ2n) is 4.12. The van der Waals surface area contributed by atoms with Gasteiger partial charge in [-0.15, -0.1) is 0 Å². The van der Waals surface area contributed by atoms with E-state index >= 15 is 0 Å². The fourth-order valence-electron chi connectivity index (χ4n) is 1.84. The van der Waals surface area contributed by atoms with Gasteiger partial charge in [-0.1, -0.05) is 0 Å². The highest BCUT2D eigenvalue weighted by Gasteiger charge is 2.41. The van der Waals surface area contributed by atoms with Crippen molar-refractivity contribution in [1.29, 1.82) is 0 Å². The first-order valence-corrected chi connectivity index (χ1v) is 6.35. The second-order valence-corrected chi connectivity index (χ2v) is 4.12. The van der Waals surface area contributed by atoms with E-state index < -0.39 is 28.6 Å². The number of rotatable bonds is 6. The minimum atomic E-state index is -1.53. The third-order valence-electron chi connectivity index (χ3n) is 2.83. The van der Waals surface area contributed by atoms with Crippen molar-refractivity contribution in [2.45, 2.75) is 26.7 Å². The van der Waals surface area contributed by atoms with Crippen LogP contribution in [0, 0.1) is 17.0 Å². The van der Waals surface area contributed by atoms with Crippen LogP contribution in [0.1, 0.15) is 31.3 Å². The fraction of sp³-hybridized carbons (Fsp3) is 0.583. The second kappa shape index (κ2) is 6.82. The summed E-state index contributed by atoms with van der Waals surface area (Å²) in [6.45, 7) is 4.76. The summed E-state index contributed by atoms with van der Waals surface area (Å²) >= 11 is 0. The lowest BCUT2D eigenvalue weighted by molar-refractivity contribution is -0.390. The van der Waals surface area contributed by atoms with Gasteiger partial charge in [-0.25, -0.2) is 0 Å². The highest BCUT2D eigenvalue weighted by molar-refractivity contribution is 6.01. The minimum absolute atomic E-state index is 0.0410. The lowest BCUT2D eigenvalue weighted by Gasteiger charge is -2.14. The molecule has 116 valence electrons. The molecule has 0 saturated carbocycles. The molecule has 1 aromatic heterocycles.